The number of piperazine rings is 1. The molecule has 3 aromatic carbocycles. The van der Waals surface area contributed by atoms with Crippen LogP contribution in [-0.4, -0.2) is 89.2 Å². The van der Waals surface area contributed by atoms with Crippen LogP contribution in [0, 0.1) is 11.3 Å². The minimum Gasteiger partial charge on any atom is -0.375 e. The fraction of sp³-hybridized carbons (Fsp3) is 0.281. The number of carbonyl (C=O) groups excluding carboxylic acids is 3. The van der Waals surface area contributed by atoms with E-state index in [0.29, 0.717) is 21.9 Å². The predicted molar refractivity (Wildman–Crippen MR) is 180 cm³/mol. The van der Waals surface area contributed by atoms with Crippen LogP contribution in [0.1, 0.15) is 16.7 Å². The molecule has 14 nitrogen and oxygen atoms in total. The summed E-state index contributed by atoms with van der Waals surface area (Å²) < 4.78 is 26.7. The Morgan fingerprint density at radius 1 is 1.08 bits per heavy atom. The topological polar surface area (TPSA) is 185 Å². The van der Waals surface area contributed by atoms with E-state index in [9.17, 15) is 28.1 Å². The molecule has 0 aliphatic carbocycles. The summed E-state index contributed by atoms with van der Waals surface area (Å²) in [6.07, 6.45) is 0.442. The molecule has 16 heteroatoms. The summed E-state index contributed by atoms with van der Waals surface area (Å²) in [5, 5.41) is 15.7. The third-order valence-corrected chi connectivity index (χ3v) is 9.64. The number of nitrogens with two attached hydrogens (primary N) is 1. The van der Waals surface area contributed by atoms with E-state index in [-0.39, 0.29) is 51.0 Å². The number of urea groups is 1. The highest BCUT2D eigenvalue weighted by molar-refractivity contribution is 7.92. The molecule has 1 aromatic heterocycles. The first-order valence-electron chi connectivity index (χ1n) is 15.0. The third-order valence-electron chi connectivity index (χ3n) is 8.18. The summed E-state index contributed by atoms with van der Waals surface area (Å²) in [7, 11) is -3.48. The number of nitrogens with zero attached hydrogens (tertiary/aromatic N) is 6. The lowest BCUT2D eigenvalue weighted by Gasteiger charge is -2.46. The molecule has 4 amide bonds. The zero-order valence-electron chi connectivity index (χ0n) is 25.9. The van der Waals surface area contributed by atoms with E-state index in [1.54, 1.807) is 34.2 Å². The first-order valence-corrected chi connectivity index (χ1v) is 17.7. The smallest absolute Gasteiger partial charge is 0.333 e. The van der Waals surface area contributed by atoms with Crippen LogP contribution in [0.3, 0.4) is 0 Å². The van der Waals surface area contributed by atoms with Gasteiger partial charge in [0.25, 0.3) is 0 Å². The van der Waals surface area contributed by atoms with Gasteiger partial charge in [0, 0.05) is 25.2 Å². The van der Waals surface area contributed by atoms with Gasteiger partial charge in [-0.15, -0.1) is 0 Å². The predicted octanol–water partition coefficient (Wildman–Crippen LogP) is 2.32. The van der Waals surface area contributed by atoms with Gasteiger partial charge in [0.1, 0.15) is 18.8 Å². The molecule has 6 rings (SSSR count). The monoisotopic (exact) mass is 687 g/mol. The number of rotatable bonds is 10. The zero-order chi connectivity index (χ0) is 34.0. The van der Waals surface area contributed by atoms with E-state index in [0.717, 1.165) is 22.1 Å². The molecule has 2 fully saturated rings. The Morgan fingerprint density at radius 2 is 1.83 bits per heavy atom. The van der Waals surface area contributed by atoms with E-state index in [4.69, 9.17) is 5.73 Å². The molecular weight excluding hydrogens is 655 g/mol. The summed E-state index contributed by atoms with van der Waals surface area (Å²) in [6, 6.07) is 22.1. The molecule has 0 spiro atoms. The fourth-order valence-corrected chi connectivity index (χ4v) is 7.45. The Labute approximate surface area is 281 Å². The number of hydrogen-bond acceptors (Lipinski definition) is 10. The molecule has 0 saturated carbocycles. The van der Waals surface area contributed by atoms with E-state index < -0.39 is 28.3 Å². The first kappa shape index (κ1) is 32.7. The second-order valence-corrected chi connectivity index (χ2v) is 14.4. The Morgan fingerprint density at radius 3 is 2.54 bits per heavy atom. The molecule has 0 bridgehead atoms. The van der Waals surface area contributed by atoms with Crippen LogP contribution >= 0.6 is 11.3 Å². The fourth-order valence-electron chi connectivity index (χ4n) is 6.10. The molecule has 0 radical (unpaired) electrons. The highest BCUT2D eigenvalue weighted by Gasteiger charge is 2.52. The number of benzene rings is 3. The van der Waals surface area contributed by atoms with Crippen molar-refractivity contribution in [1.82, 2.24) is 30.1 Å². The number of thiazole rings is 1. The van der Waals surface area contributed by atoms with Gasteiger partial charge in [0.05, 0.1) is 35.6 Å². The number of hydrazine groups is 1. The summed E-state index contributed by atoms with van der Waals surface area (Å²) >= 11 is 1.35. The molecule has 48 heavy (non-hydrogen) atoms. The molecule has 2 atom stereocenters. The summed E-state index contributed by atoms with van der Waals surface area (Å²) in [4.78, 5) is 49.1. The quantitative estimate of drug-likeness (QED) is 0.211. The minimum absolute atomic E-state index is 0.0716. The molecular formula is C32H33N9O5S2. The second-order valence-electron chi connectivity index (χ2n) is 11.6. The average molecular weight is 688 g/mol. The van der Waals surface area contributed by atoms with Crippen LogP contribution in [0.4, 0.5) is 15.6 Å². The van der Waals surface area contributed by atoms with E-state index in [1.807, 2.05) is 54.6 Å². The summed E-state index contributed by atoms with van der Waals surface area (Å²) in [5.41, 5.74) is 9.39. The molecule has 248 valence electrons. The van der Waals surface area contributed by atoms with Crippen molar-refractivity contribution < 1.29 is 22.8 Å². The summed E-state index contributed by atoms with van der Waals surface area (Å²) in [6.45, 7) is -0.0583. The van der Waals surface area contributed by atoms with Crippen molar-refractivity contribution in [3.8, 4) is 6.07 Å². The summed E-state index contributed by atoms with van der Waals surface area (Å²) in [5.74, 6) is -0.651. The third kappa shape index (κ3) is 7.03. The van der Waals surface area contributed by atoms with Gasteiger partial charge in [-0.3, -0.25) is 14.3 Å². The van der Waals surface area contributed by atoms with Crippen molar-refractivity contribution in [2.75, 3.05) is 36.3 Å². The molecule has 2 aliphatic rings. The van der Waals surface area contributed by atoms with E-state index in [1.165, 1.54) is 21.2 Å². The molecule has 2 saturated heterocycles. The zero-order valence-corrected chi connectivity index (χ0v) is 27.6. The Hall–Kier alpha value is -5.24. The average Bonchev–Trinajstić information content (AvgIpc) is 3.60. The van der Waals surface area contributed by atoms with Crippen LogP contribution in [0.5, 0.6) is 0 Å². The van der Waals surface area contributed by atoms with Crippen molar-refractivity contribution in [2.45, 2.75) is 31.7 Å². The van der Waals surface area contributed by atoms with Crippen molar-refractivity contribution in [3.63, 3.8) is 0 Å². The van der Waals surface area contributed by atoms with Gasteiger partial charge in [-0.2, -0.15) is 10.3 Å². The molecule has 4 N–H and O–H groups in total. The number of nitriles is 1. The molecule has 2 aliphatic heterocycles. The number of anilines is 2. The van der Waals surface area contributed by atoms with Crippen molar-refractivity contribution in [2.24, 2.45) is 0 Å². The van der Waals surface area contributed by atoms with Crippen LogP contribution in [-0.2, 0) is 39.1 Å². The number of fused-ring (bicyclic) bond motifs is 2. The van der Waals surface area contributed by atoms with Gasteiger partial charge in [-0.05, 0) is 34.9 Å². The Balaban J connectivity index is 1.31. The normalized spacial score (nSPS) is 18.1. The highest BCUT2D eigenvalue weighted by atomic mass is 32.2. The van der Waals surface area contributed by atoms with Gasteiger partial charge < -0.3 is 20.9 Å². The SMILES string of the molecule is CS(=O)(=O)Nc1ccc(C[C@H]2C(=O)N(Cc3cccc4sc(N)nc34)C[C@H]3N2C(=O)CN3N(CC#N)C(=O)NCc2ccccc2)cc1. The number of nitrogen functional groups attached to an aromatic ring is 1. The van der Waals surface area contributed by atoms with Crippen LogP contribution in [0.2, 0.25) is 0 Å². The maximum atomic E-state index is 14.2. The lowest BCUT2D eigenvalue weighted by Crippen LogP contribution is -2.66. The maximum absolute atomic E-state index is 14.2. The van der Waals surface area contributed by atoms with Crippen molar-refractivity contribution in [3.05, 3.63) is 89.5 Å². The number of sulfonamides is 1. The van der Waals surface area contributed by atoms with Gasteiger partial charge in [0.15, 0.2) is 5.13 Å². The Kier molecular flexibility index (Phi) is 9.18. The van der Waals surface area contributed by atoms with Crippen LogP contribution in [0.25, 0.3) is 10.2 Å². The van der Waals surface area contributed by atoms with E-state index in [2.05, 4.69) is 15.0 Å². The van der Waals surface area contributed by atoms with E-state index >= 15 is 0 Å². The number of para-hydroxylation sites is 1. The Bertz CT molecular complexity index is 2000. The van der Waals surface area contributed by atoms with Crippen molar-refractivity contribution in [1.29, 1.82) is 5.26 Å². The largest absolute Gasteiger partial charge is 0.375 e. The van der Waals surface area contributed by atoms with Gasteiger partial charge in [0.2, 0.25) is 21.8 Å². The second kappa shape index (κ2) is 13.5. The van der Waals surface area contributed by atoms with Crippen LogP contribution in [0.15, 0.2) is 72.8 Å². The number of amides is 4. The maximum Gasteiger partial charge on any atom is 0.333 e. The molecule has 0 unspecified atom stereocenters. The lowest BCUT2D eigenvalue weighted by molar-refractivity contribution is -0.157. The highest BCUT2D eigenvalue weighted by Crippen LogP contribution is 2.32. The molecule has 4 aromatic rings. The first-order chi connectivity index (χ1) is 23.0. The number of nitrogens with one attached hydrogen (secondary N) is 2. The number of aromatic nitrogens is 1. The lowest BCUT2D eigenvalue weighted by atomic mass is 9.99. The minimum atomic E-state index is -3.48. The van der Waals surface area contributed by atoms with Gasteiger partial charge in [-0.25, -0.2) is 23.2 Å². The van der Waals surface area contributed by atoms with Gasteiger partial charge >= 0.3 is 6.03 Å². The number of carbonyl (C=O) groups is 3. The standard InChI is InChI=1S/C32H33N9O5S2/c1-48(45,46)37-24-12-10-21(11-13-24)16-25-30(43)38(18-23-8-5-9-26-29(23)36-31(34)47-26)19-27-40(20-28(42)41(25)27)39(15-14-33)32(44)35-17-22-6-3-2-4-7-22/h2-13,25,27,37H,15-20H2,1H3,(H2,34,36)(H,35,44)/t25-,27+/m0/s1. The van der Waals surface area contributed by atoms with Crippen molar-refractivity contribution >= 4 is 60.2 Å². The number of hydrogen-bond donors (Lipinski definition) is 3. The molecule has 3 heterocycles. The van der Waals surface area contributed by atoms with Gasteiger partial charge in [-0.1, -0.05) is 65.9 Å². The van der Waals surface area contributed by atoms with Crippen LogP contribution < -0.4 is 15.8 Å².